The van der Waals surface area contributed by atoms with Crippen LogP contribution < -0.4 is 0 Å². The van der Waals surface area contributed by atoms with Gasteiger partial charge in [0, 0.05) is 0 Å². The molecule has 0 spiro atoms. The van der Waals surface area contributed by atoms with E-state index in [9.17, 15) is 5.11 Å². The highest BCUT2D eigenvalue weighted by atomic mass is 127. The van der Waals surface area contributed by atoms with Gasteiger partial charge in [-0.05, 0) is 38.5 Å². The highest BCUT2D eigenvalue weighted by Crippen LogP contribution is 2.29. The van der Waals surface area contributed by atoms with Crippen molar-refractivity contribution in [2.24, 2.45) is 0 Å². The standard InChI is InChI=1S/C11H13IO/c13-11-5-1-3-9-4-2-7-12-8-6-10(9)11/h2,4,6-8,11,13H,1,3,5H2. The van der Waals surface area contributed by atoms with E-state index >= 15 is 0 Å². The average molecular weight is 288 g/mol. The van der Waals surface area contributed by atoms with Crippen LogP contribution in [0.3, 0.4) is 0 Å². The van der Waals surface area contributed by atoms with Gasteiger partial charge in [0.2, 0.25) is 0 Å². The Balaban J connectivity index is 2.33. The Labute approximate surface area is 88.6 Å². The minimum atomic E-state index is -0.216. The SMILES string of the molecule is OC1CCCC2=CC=CI=CC=C21. The van der Waals surface area contributed by atoms with E-state index in [2.05, 4.69) is 26.3 Å². The molecule has 0 aromatic rings. The smallest absolute Gasteiger partial charge is 0.0793 e. The summed E-state index contributed by atoms with van der Waals surface area (Å²) in [4.78, 5) is 0. The van der Waals surface area contributed by atoms with Crippen LogP contribution in [-0.4, -0.2) is 15.2 Å². The largest absolute Gasteiger partial charge is 0.388 e. The first-order valence-electron chi connectivity index (χ1n) is 4.57. The number of aliphatic hydroxyl groups excluding tert-OH is 1. The molecule has 13 heavy (non-hydrogen) atoms. The lowest BCUT2D eigenvalue weighted by Gasteiger charge is -2.23. The first-order valence-corrected chi connectivity index (χ1v) is 7.06. The summed E-state index contributed by atoms with van der Waals surface area (Å²) in [5.41, 5.74) is 2.49. The van der Waals surface area contributed by atoms with E-state index in [4.69, 9.17) is 0 Å². The molecule has 70 valence electrons. The lowest BCUT2D eigenvalue weighted by molar-refractivity contribution is 0.190. The van der Waals surface area contributed by atoms with Crippen LogP contribution in [0.4, 0.5) is 0 Å². The fourth-order valence-corrected chi connectivity index (χ4v) is 3.02. The van der Waals surface area contributed by atoms with Crippen molar-refractivity contribution in [2.45, 2.75) is 25.4 Å². The second-order valence-electron chi connectivity index (χ2n) is 3.29. The van der Waals surface area contributed by atoms with Crippen molar-refractivity contribution in [1.29, 1.82) is 0 Å². The van der Waals surface area contributed by atoms with Gasteiger partial charge in [-0.3, -0.25) is 0 Å². The molecule has 0 aromatic heterocycles. The molecule has 1 heterocycles. The normalized spacial score (nSPS) is 27.6. The van der Waals surface area contributed by atoms with Crippen molar-refractivity contribution in [3.63, 3.8) is 0 Å². The molecular formula is C11H13IO. The van der Waals surface area contributed by atoms with Crippen molar-refractivity contribution in [3.05, 3.63) is 33.5 Å². The molecule has 1 N–H and O–H groups in total. The van der Waals surface area contributed by atoms with Crippen LogP contribution in [0.25, 0.3) is 0 Å². The minimum absolute atomic E-state index is 0.0786. The summed E-state index contributed by atoms with van der Waals surface area (Å²) in [7, 11) is 0. The monoisotopic (exact) mass is 288 g/mol. The van der Waals surface area contributed by atoms with Gasteiger partial charge in [-0.1, -0.05) is 39.0 Å². The first kappa shape index (κ1) is 9.34. The summed E-state index contributed by atoms with van der Waals surface area (Å²) in [5, 5.41) is 9.78. The third-order valence-corrected chi connectivity index (χ3v) is 4.02. The average Bonchev–Trinajstić information content (AvgIpc) is 2.07. The van der Waals surface area contributed by atoms with Crippen molar-refractivity contribution >= 4 is 24.7 Å². The summed E-state index contributed by atoms with van der Waals surface area (Å²) in [6.07, 6.45) is 9.40. The lowest BCUT2D eigenvalue weighted by Crippen LogP contribution is -2.17. The maximum absolute atomic E-state index is 9.78. The third-order valence-electron chi connectivity index (χ3n) is 2.41. The van der Waals surface area contributed by atoms with Gasteiger partial charge in [0.25, 0.3) is 0 Å². The van der Waals surface area contributed by atoms with Gasteiger partial charge >= 0.3 is 0 Å². The summed E-state index contributed by atoms with van der Waals surface area (Å²) in [5.74, 6) is 0. The van der Waals surface area contributed by atoms with Gasteiger partial charge in [-0.25, -0.2) is 0 Å². The van der Waals surface area contributed by atoms with E-state index < -0.39 is 0 Å². The predicted octanol–water partition coefficient (Wildman–Crippen LogP) is 2.68. The number of aliphatic hydroxyl groups is 1. The molecule has 1 aliphatic carbocycles. The second-order valence-corrected chi connectivity index (χ2v) is 5.45. The maximum Gasteiger partial charge on any atom is 0.0793 e. The van der Waals surface area contributed by atoms with Crippen molar-refractivity contribution < 1.29 is 5.11 Å². The van der Waals surface area contributed by atoms with Crippen molar-refractivity contribution in [3.8, 4) is 0 Å². The van der Waals surface area contributed by atoms with Crippen molar-refractivity contribution in [1.82, 2.24) is 0 Å². The molecule has 1 saturated carbocycles. The van der Waals surface area contributed by atoms with Crippen LogP contribution in [0.1, 0.15) is 19.3 Å². The third kappa shape index (κ3) is 2.17. The fourth-order valence-electron chi connectivity index (χ4n) is 1.74. The highest BCUT2D eigenvalue weighted by molar-refractivity contribution is 14.2. The van der Waals surface area contributed by atoms with Crippen LogP contribution >= 0.6 is 20.7 Å². The number of rotatable bonds is 0. The zero-order valence-corrected chi connectivity index (χ0v) is 9.57. The number of allylic oxidation sites excluding steroid dienone is 3. The summed E-state index contributed by atoms with van der Waals surface area (Å²) in [6.45, 7) is 0. The topological polar surface area (TPSA) is 20.2 Å². The molecule has 1 fully saturated rings. The Hall–Kier alpha value is -0.220. The van der Waals surface area contributed by atoms with E-state index in [0.717, 1.165) is 24.8 Å². The molecule has 0 radical (unpaired) electrons. The highest BCUT2D eigenvalue weighted by Gasteiger charge is 2.19. The van der Waals surface area contributed by atoms with Crippen LogP contribution in [0.5, 0.6) is 0 Å². The summed E-state index contributed by atoms with van der Waals surface area (Å²) in [6, 6.07) is 0. The second kappa shape index (κ2) is 4.33. The van der Waals surface area contributed by atoms with Gasteiger partial charge in [0.15, 0.2) is 0 Å². The van der Waals surface area contributed by atoms with E-state index in [1.807, 2.05) is 0 Å². The van der Waals surface area contributed by atoms with E-state index in [1.165, 1.54) is 5.57 Å². The van der Waals surface area contributed by atoms with Gasteiger partial charge in [-0.15, -0.1) is 0 Å². The van der Waals surface area contributed by atoms with E-state index in [0.29, 0.717) is 0 Å². The minimum Gasteiger partial charge on any atom is -0.388 e. The Morgan fingerprint density at radius 2 is 2.31 bits per heavy atom. The van der Waals surface area contributed by atoms with Crippen LogP contribution in [-0.2, 0) is 0 Å². The molecule has 1 aliphatic heterocycles. The Kier molecular flexibility index (Phi) is 3.11. The molecule has 2 heteroatoms. The molecule has 1 atom stereocenters. The molecule has 2 rings (SSSR count). The predicted molar refractivity (Wildman–Crippen MR) is 65.2 cm³/mol. The molecule has 1 unspecified atom stereocenters. The number of hydrogen-bond acceptors (Lipinski definition) is 1. The van der Waals surface area contributed by atoms with Crippen LogP contribution in [0.15, 0.2) is 33.5 Å². The van der Waals surface area contributed by atoms with Gasteiger partial charge in [0.1, 0.15) is 0 Å². The summed E-state index contributed by atoms with van der Waals surface area (Å²) >= 11 is 0.0786. The Bertz CT molecular complexity index is 310. The fraction of sp³-hybridized carbons (Fsp3) is 0.364. The molecule has 0 saturated heterocycles. The Morgan fingerprint density at radius 3 is 3.23 bits per heavy atom. The van der Waals surface area contributed by atoms with Crippen LogP contribution in [0.2, 0.25) is 0 Å². The molecule has 2 aliphatic rings. The summed E-state index contributed by atoms with van der Waals surface area (Å²) < 4.78 is 4.48. The van der Waals surface area contributed by atoms with E-state index in [-0.39, 0.29) is 26.8 Å². The zero-order chi connectivity index (χ0) is 9.10. The zero-order valence-electron chi connectivity index (χ0n) is 7.41. The number of halogens is 1. The van der Waals surface area contributed by atoms with Gasteiger partial charge < -0.3 is 5.11 Å². The molecule has 1 nitrogen and oxygen atoms in total. The lowest BCUT2D eigenvalue weighted by atomic mass is 9.87. The van der Waals surface area contributed by atoms with Crippen molar-refractivity contribution in [2.75, 3.05) is 0 Å². The quantitative estimate of drug-likeness (QED) is 0.679. The molecule has 0 amide bonds. The molecule has 0 bridgehead atoms. The number of hydrogen-bond donors (Lipinski definition) is 1. The maximum atomic E-state index is 9.78. The molecule has 0 aromatic carbocycles. The Morgan fingerprint density at radius 1 is 1.38 bits per heavy atom. The van der Waals surface area contributed by atoms with Gasteiger partial charge in [-0.2, -0.15) is 0 Å². The molecular weight excluding hydrogens is 275 g/mol. The van der Waals surface area contributed by atoms with Crippen LogP contribution in [0, 0.1) is 0 Å². The van der Waals surface area contributed by atoms with E-state index in [1.54, 1.807) is 0 Å². The number of fused-ring (bicyclic) bond motifs is 1. The van der Waals surface area contributed by atoms with Gasteiger partial charge in [0.05, 0.1) is 6.10 Å². The first-order chi connectivity index (χ1) is 6.38.